The Morgan fingerprint density at radius 3 is 2.94 bits per heavy atom. The Labute approximate surface area is 109 Å². The van der Waals surface area contributed by atoms with Crippen LogP contribution < -0.4 is 0 Å². The van der Waals surface area contributed by atoms with Crippen LogP contribution in [0, 0.1) is 0 Å². The van der Waals surface area contributed by atoms with Gasteiger partial charge in [0, 0.05) is 16.7 Å². The van der Waals surface area contributed by atoms with E-state index in [1.807, 2.05) is 36.6 Å². The molecule has 0 aliphatic carbocycles. The molecule has 2 heterocycles. The van der Waals surface area contributed by atoms with Gasteiger partial charge in [0.2, 0.25) is 0 Å². The fourth-order valence-electron chi connectivity index (χ4n) is 2.13. The Kier molecular flexibility index (Phi) is 2.76. The molecule has 0 unspecified atom stereocenters. The number of hydrogen-bond acceptors (Lipinski definition) is 3. The van der Waals surface area contributed by atoms with Crippen LogP contribution in [0.3, 0.4) is 0 Å². The number of ketones is 1. The normalized spacial score (nSPS) is 10.9. The molecule has 2 aromatic heterocycles. The predicted molar refractivity (Wildman–Crippen MR) is 73.3 cm³/mol. The first-order chi connectivity index (χ1) is 8.81. The standard InChI is InChI=1S/C15H12O2S/c1-2-13-11(6-8-17-13)14(16)12-5-3-4-10-7-9-18-15(10)12/h3-9H,2H2,1H3. The predicted octanol–water partition coefficient (Wildman–Crippen LogP) is 4.29. The zero-order valence-electron chi connectivity index (χ0n) is 9.97. The lowest BCUT2D eigenvalue weighted by Crippen LogP contribution is -2.02. The number of aryl methyl sites for hydroxylation is 1. The van der Waals surface area contributed by atoms with Crippen molar-refractivity contribution in [1.82, 2.24) is 0 Å². The summed E-state index contributed by atoms with van der Waals surface area (Å²) in [5.74, 6) is 0.808. The number of benzene rings is 1. The molecule has 0 amide bonds. The number of fused-ring (bicyclic) bond motifs is 1. The van der Waals surface area contributed by atoms with Gasteiger partial charge in [0.05, 0.1) is 11.8 Å². The van der Waals surface area contributed by atoms with Crippen molar-refractivity contribution in [1.29, 1.82) is 0 Å². The molecule has 0 aliphatic heterocycles. The molecule has 1 aromatic carbocycles. The van der Waals surface area contributed by atoms with Crippen molar-refractivity contribution in [3.05, 3.63) is 58.9 Å². The highest BCUT2D eigenvalue weighted by Gasteiger charge is 2.17. The molecule has 0 aliphatic rings. The Morgan fingerprint density at radius 1 is 1.22 bits per heavy atom. The largest absolute Gasteiger partial charge is 0.469 e. The van der Waals surface area contributed by atoms with Gasteiger partial charge in [-0.05, 0) is 29.0 Å². The summed E-state index contributed by atoms with van der Waals surface area (Å²) in [6.07, 6.45) is 2.31. The first-order valence-electron chi connectivity index (χ1n) is 5.88. The van der Waals surface area contributed by atoms with Crippen molar-refractivity contribution in [2.75, 3.05) is 0 Å². The molecule has 0 radical (unpaired) electrons. The number of furan rings is 1. The highest BCUT2D eigenvalue weighted by atomic mass is 32.1. The molecule has 3 heteroatoms. The summed E-state index contributed by atoms with van der Waals surface area (Å²) >= 11 is 1.60. The maximum atomic E-state index is 12.5. The molecule has 18 heavy (non-hydrogen) atoms. The summed E-state index contributed by atoms with van der Waals surface area (Å²) in [6, 6.07) is 9.63. The number of rotatable bonds is 3. The van der Waals surface area contributed by atoms with Crippen molar-refractivity contribution < 1.29 is 9.21 Å². The molecular weight excluding hydrogens is 244 g/mol. The van der Waals surface area contributed by atoms with E-state index in [1.54, 1.807) is 23.7 Å². The van der Waals surface area contributed by atoms with E-state index >= 15 is 0 Å². The second kappa shape index (κ2) is 4.42. The number of hydrogen-bond donors (Lipinski definition) is 0. The number of carbonyl (C=O) groups is 1. The average Bonchev–Trinajstić information content (AvgIpc) is 3.05. The molecular formula is C15H12O2S. The summed E-state index contributed by atoms with van der Waals surface area (Å²) in [6.45, 7) is 1.99. The Balaban J connectivity index is 2.15. The van der Waals surface area contributed by atoms with Gasteiger partial charge in [-0.3, -0.25) is 4.79 Å². The van der Waals surface area contributed by atoms with Crippen LogP contribution in [0.25, 0.3) is 10.1 Å². The van der Waals surface area contributed by atoms with Crippen molar-refractivity contribution in [3.8, 4) is 0 Å². The molecule has 0 N–H and O–H groups in total. The van der Waals surface area contributed by atoms with Gasteiger partial charge in [-0.2, -0.15) is 0 Å². The third-order valence-corrected chi connectivity index (χ3v) is 4.00. The average molecular weight is 256 g/mol. The van der Waals surface area contributed by atoms with Gasteiger partial charge in [0.25, 0.3) is 0 Å². The molecule has 2 nitrogen and oxygen atoms in total. The molecule has 0 bridgehead atoms. The maximum Gasteiger partial charge on any atom is 0.197 e. The van der Waals surface area contributed by atoms with Crippen LogP contribution in [0.2, 0.25) is 0 Å². The van der Waals surface area contributed by atoms with Gasteiger partial charge in [0.15, 0.2) is 5.78 Å². The lowest BCUT2D eigenvalue weighted by molar-refractivity contribution is 0.103. The monoisotopic (exact) mass is 256 g/mol. The van der Waals surface area contributed by atoms with Crippen LogP contribution in [0.1, 0.15) is 28.6 Å². The third-order valence-electron chi connectivity index (χ3n) is 3.03. The minimum absolute atomic E-state index is 0.0497. The fraction of sp³-hybridized carbons (Fsp3) is 0.133. The summed E-state index contributed by atoms with van der Waals surface area (Å²) in [5.41, 5.74) is 1.44. The van der Waals surface area contributed by atoms with Crippen LogP contribution in [0.4, 0.5) is 0 Å². The topological polar surface area (TPSA) is 30.2 Å². The maximum absolute atomic E-state index is 12.5. The Morgan fingerprint density at radius 2 is 2.11 bits per heavy atom. The number of thiophene rings is 1. The van der Waals surface area contributed by atoms with Gasteiger partial charge in [-0.25, -0.2) is 0 Å². The smallest absolute Gasteiger partial charge is 0.197 e. The molecule has 0 saturated heterocycles. The van der Waals surface area contributed by atoms with Gasteiger partial charge >= 0.3 is 0 Å². The fourth-order valence-corrected chi connectivity index (χ4v) is 3.04. The molecule has 3 aromatic rings. The van der Waals surface area contributed by atoms with Crippen LogP contribution in [-0.2, 0) is 6.42 Å². The van der Waals surface area contributed by atoms with E-state index in [-0.39, 0.29) is 5.78 Å². The van der Waals surface area contributed by atoms with Crippen molar-refractivity contribution >= 4 is 27.2 Å². The summed E-state index contributed by atoms with van der Waals surface area (Å²) in [7, 11) is 0. The van der Waals surface area contributed by atoms with E-state index in [1.165, 1.54) is 0 Å². The summed E-state index contributed by atoms with van der Waals surface area (Å²) in [4.78, 5) is 12.5. The number of carbonyl (C=O) groups excluding carboxylic acids is 1. The van der Waals surface area contributed by atoms with E-state index in [0.29, 0.717) is 5.56 Å². The Bertz CT molecular complexity index is 706. The minimum atomic E-state index is 0.0497. The molecule has 0 atom stereocenters. The highest BCUT2D eigenvalue weighted by Crippen LogP contribution is 2.27. The summed E-state index contributed by atoms with van der Waals surface area (Å²) in [5, 5.41) is 3.13. The molecule has 90 valence electrons. The Hall–Kier alpha value is -1.87. The quantitative estimate of drug-likeness (QED) is 0.654. The molecule has 0 spiro atoms. The first-order valence-corrected chi connectivity index (χ1v) is 6.76. The highest BCUT2D eigenvalue weighted by molar-refractivity contribution is 7.17. The van der Waals surface area contributed by atoms with Gasteiger partial charge in [0.1, 0.15) is 5.76 Å². The van der Waals surface area contributed by atoms with Crippen LogP contribution in [-0.4, -0.2) is 5.78 Å². The van der Waals surface area contributed by atoms with Crippen molar-refractivity contribution in [2.45, 2.75) is 13.3 Å². The molecule has 0 fully saturated rings. The zero-order valence-corrected chi connectivity index (χ0v) is 10.8. The van der Waals surface area contributed by atoms with Crippen LogP contribution >= 0.6 is 11.3 Å². The first kappa shape index (κ1) is 11.2. The van der Waals surface area contributed by atoms with Crippen molar-refractivity contribution in [2.24, 2.45) is 0 Å². The lowest BCUT2D eigenvalue weighted by Gasteiger charge is -2.02. The van der Waals surface area contributed by atoms with Gasteiger partial charge in [-0.1, -0.05) is 19.1 Å². The lowest BCUT2D eigenvalue weighted by atomic mass is 10.0. The van der Waals surface area contributed by atoms with E-state index in [0.717, 1.165) is 27.8 Å². The van der Waals surface area contributed by atoms with Crippen molar-refractivity contribution in [3.63, 3.8) is 0 Å². The van der Waals surface area contributed by atoms with Gasteiger partial charge < -0.3 is 4.42 Å². The van der Waals surface area contributed by atoms with E-state index in [2.05, 4.69) is 0 Å². The van der Waals surface area contributed by atoms with Gasteiger partial charge in [-0.15, -0.1) is 11.3 Å². The second-order valence-corrected chi connectivity index (χ2v) is 5.00. The van der Waals surface area contributed by atoms with E-state index in [9.17, 15) is 4.79 Å². The molecule has 0 saturated carbocycles. The zero-order chi connectivity index (χ0) is 12.5. The van der Waals surface area contributed by atoms with E-state index in [4.69, 9.17) is 4.42 Å². The van der Waals surface area contributed by atoms with E-state index < -0.39 is 0 Å². The SMILES string of the molecule is CCc1occc1C(=O)c1cccc2ccsc12. The minimum Gasteiger partial charge on any atom is -0.469 e. The van der Waals surface area contributed by atoms with Crippen LogP contribution in [0.5, 0.6) is 0 Å². The second-order valence-electron chi connectivity index (χ2n) is 4.08. The van der Waals surface area contributed by atoms with Crippen LogP contribution in [0.15, 0.2) is 46.4 Å². The third kappa shape index (κ3) is 1.68. The summed E-state index contributed by atoms with van der Waals surface area (Å²) < 4.78 is 6.38. The molecule has 3 rings (SSSR count).